The van der Waals surface area contributed by atoms with E-state index in [1.54, 1.807) is 0 Å². The van der Waals surface area contributed by atoms with Crippen molar-refractivity contribution in [2.24, 2.45) is 0 Å². The summed E-state index contributed by atoms with van der Waals surface area (Å²) in [4.78, 5) is 0. The molecule has 174 valence electrons. The van der Waals surface area contributed by atoms with Gasteiger partial charge in [0.1, 0.15) is 0 Å². The van der Waals surface area contributed by atoms with Crippen LogP contribution in [-0.2, 0) is 18.3 Å². The van der Waals surface area contributed by atoms with Gasteiger partial charge in [-0.25, -0.2) is 0 Å². The van der Waals surface area contributed by atoms with Gasteiger partial charge in [0.05, 0.1) is 5.41 Å². The van der Waals surface area contributed by atoms with Crippen LogP contribution in [0.15, 0.2) is 103 Å². The summed E-state index contributed by atoms with van der Waals surface area (Å²) < 4.78 is 0. The molecule has 0 aromatic heterocycles. The summed E-state index contributed by atoms with van der Waals surface area (Å²) in [6.45, 7) is 6.70. The van der Waals surface area contributed by atoms with E-state index >= 15 is 0 Å². The van der Waals surface area contributed by atoms with Crippen molar-refractivity contribution in [2.45, 2.75) is 39.0 Å². The molecule has 0 unspecified atom stereocenters. The van der Waals surface area contributed by atoms with Crippen LogP contribution in [0.4, 0.5) is 0 Å². The fraction of sp³-hybridized carbons (Fsp3) is 0.167. The van der Waals surface area contributed by atoms with Crippen LogP contribution in [0, 0.1) is 20.8 Å². The third-order valence-corrected chi connectivity index (χ3v) is 8.38. The molecule has 0 heterocycles. The molecule has 0 saturated heterocycles. The topological polar surface area (TPSA) is 0 Å². The molecule has 0 fully saturated rings. The first kappa shape index (κ1) is 21.4. The van der Waals surface area contributed by atoms with Crippen LogP contribution >= 0.6 is 0 Å². The maximum absolute atomic E-state index is 2.40. The Morgan fingerprint density at radius 3 is 1.78 bits per heavy atom. The lowest BCUT2D eigenvalue weighted by atomic mass is 9.61. The van der Waals surface area contributed by atoms with Gasteiger partial charge in [0.2, 0.25) is 0 Å². The summed E-state index contributed by atoms with van der Waals surface area (Å²) in [6, 6.07) is 39.2. The SMILES string of the molecule is Cc1cc(C)cc(Cc2cccc3c2-c2c(C)cccc2C32c3ccccc3Cc3ccccc32)c1. The second kappa shape index (κ2) is 7.80. The average molecular weight is 463 g/mol. The van der Waals surface area contributed by atoms with Crippen molar-refractivity contribution in [3.8, 4) is 11.1 Å². The second-order valence-corrected chi connectivity index (χ2v) is 10.8. The van der Waals surface area contributed by atoms with E-state index in [9.17, 15) is 0 Å². The van der Waals surface area contributed by atoms with E-state index in [0.717, 1.165) is 12.8 Å². The predicted molar refractivity (Wildman–Crippen MR) is 150 cm³/mol. The third-order valence-electron chi connectivity index (χ3n) is 8.38. The zero-order chi connectivity index (χ0) is 24.4. The van der Waals surface area contributed by atoms with Crippen LogP contribution in [0.1, 0.15) is 61.2 Å². The molecule has 2 aliphatic carbocycles. The highest BCUT2D eigenvalue weighted by molar-refractivity contribution is 5.91. The summed E-state index contributed by atoms with van der Waals surface area (Å²) in [7, 11) is 0. The largest absolute Gasteiger partial charge is 0.0719 e. The Kier molecular flexibility index (Phi) is 4.63. The fourth-order valence-electron chi connectivity index (χ4n) is 7.21. The van der Waals surface area contributed by atoms with E-state index in [1.165, 1.54) is 72.3 Å². The molecule has 0 radical (unpaired) electrons. The normalized spacial score (nSPS) is 14.2. The second-order valence-electron chi connectivity index (χ2n) is 10.8. The van der Waals surface area contributed by atoms with Crippen LogP contribution < -0.4 is 0 Å². The fourth-order valence-corrected chi connectivity index (χ4v) is 7.21. The minimum absolute atomic E-state index is 0.277. The van der Waals surface area contributed by atoms with Crippen molar-refractivity contribution in [2.75, 3.05) is 0 Å². The monoisotopic (exact) mass is 462 g/mol. The van der Waals surface area contributed by atoms with Gasteiger partial charge in [-0.1, -0.05) is 114 Å². The van der Waals surface area contributed by atoms with E-state index in [0.29, 0.717) is 0 Å². The first-order chi connectivity index (χ1) is 17.6. The molecule has 0 nitrogen and oxygen atoms in total. The van der Waals surface area contributed by atoms with E-state index in [4.69, 9.17) is 0 Å². The Hall–Kier alpha value is -3.90. The number of fused-ring (bicyclic) bond motifs is 9. The zero-order valence-electron chi connectivity index (χ0n) is 21.2. The molecule has 2 aliphatic rings. The molecule has 0 N–H and O–H groups in total. The maximum atomic E-state index is 2.40. The van der Waals surface area contributed by atoms with Crippen molar-refractivity contribution < 1.29 is 0 Å². The number of hydrogen-bond donors (Lipinski definition) is 0. The van der Waals surface area contributed by atoms with Crippen molar-refractivity contribution in [1.29, 1.82) is 0 Å². The van der Waals surface area contributed by atoms with Crippen LogP contribution in [0.5, 0.6) is 0 Å². The lowest BCUT2D eigenvalue weighted by Gasteiger charge is -2.40. The van der Waals surface area contributed by atoms with Crippen LogP contribution in [0.25, 0.3) is 11.1 Å². The van der Waals surface area contributed by atoms with E-state index in [1.807, 2.05) is 0 Å². The molecule has 1 spiro atoms. The van der Waals surface area contributed by atoms with Gasteiger partial charge in [-0.3, -0.25) is 0 Å². The number of rotatable bonds is 2. The van der Waals surface area contributed by atoms with Crippen molar-refractivity contribution in [3.63, 3.8) is 0 Å². The average Bonchev–Trinajstić information content (AvgIpc) is 3.17. The first-order valence-corrected chi connectivity index (χ1v) is 13.0. The molecule has 0 aliphatic heterocycles. The van der Waals surface area contributed by atoms with Crippen molar-refractivity contribution >= 4 is 0 Å². The van der Waals surface area contributed by atoms with E-state index in [-0.39, 0.29) is 5.41 Å². The van der Waals surface area contributed by atoms with Crippen LogP contribution in [0.3, 0.4) is 0 Å². The number of aryl methyl sites for hydroxylation is 3. The molecule has 5 aromatic carbocycles. The first-order valence-electron chi connectivity index (χ1n) is 13.0. The summed E-state index contributed by atoms with van der Waals surface area (Å²) in [6.07, 6.45) is 1.94. The quantitative estimate of drug-likeness (QED) is 0.242. The Morgan fingerprint density at radius 1 is 0.556 bits per heavy atom. The minimum atomic E-state index is -0.277. The smallest absolute Gasteiger partial charge is 0.0620 e. The van der Waals surface area contributed by atoms with Gasteiger partial charge in [-0.15, -0.1) is 0 Å². The highest BCUT2D eigenvalue weighted by atomic mass is 14.5. The molecule has 5 aromatic rings. The molecule has 7 rings (SSSR count). The van der Waals surface area contributed by atoms with Gasteiger partial charge in [0, 0.05) is 0 Å². The van der Waals surface area contributed by atoms with Crippen molar-refractivity contribution in [1.82, 2.24) is 0 Å². The molecular formula is C36H30. The standard InChI is InChI=1S/C36H30/c1-23-18-24(2)20-26(19-23)21-29-13-9-17-33-35(29)34-25(3)10-8-16-32(34)36(33)30-14-6-4-11-27(30)22-28-12-5-7-15-31(28)36/h4-20H,21-22H2,1-3H3. The molecular weight excluding hydrogens is 432 g/mol. The Balaban J connectivity index is 1.59. The van der Waals surface area contributed by atoms with Crippen molar-refractivity contribution in [3.05, 3.63) is 164 Å². The summed E-state index contributed by atoms with van der Waals surface area (Å²) >= 11 is 0. The molecule has 0 heteroatoms. The molecule has 0 amide bonds. The highest BCUT2D eigenvalue weighted by Crippen LogP contribution is 2.60. The number of hydrogen-bond acceptors (Lipinski definition) is 0. The Labute approximate surface area is 214 Å². The van der Waals surface area contributed by atoms with E-state index < -0.39 is 0 Å². The lowest BCUT2D eigenvalue weighted by Crippen LogP contribution is -2.34. The van der Waals surface area contributed by atoms with Gasteiger partial charge in [0.25, 0.3) is 0 Å². The third kappa shape index (κ3) is 2.88. The summed E-state index contributed by atoms with van der Waals surface area (Å²) in [5.74, 6) is 0. The predicted octanol–water partition coefficient (Wildman–Crippen LogP) is 8.47. The Bertz CT molecular complexity index is 1600. The van der Waals surface area contributed by atoms with Gasteiger partial charge in [-0.05, 0) is 94.8 Å². The minimum Gasteiger partial charge on any atom is -0.0620 e. The molecule has 36 heavy (non-hydrogen) atoms. The molecule has 0 saturated carbocycles. The Morgan fingerprint density at radius 2 is 1.11 bits per heavy atom. The molecule has 0 bridgehead atoms. The lowest BCUT2D eigenvalue weighted by molar-refractivity contribution is 0.721. The number of benzene rings is 5. The van der Waals surface area contributed by atoms with Crippen LogP contribution in [0.2, 0.25) is 0 Å². The van der Waals surface area contributed by atoms with Gasteiger partial charge >= 0.3 is 0 Å². The zero-order valence-corrected chi connectivity index (χ0v) is 21.2. The van der Waals surface area contributed by atoms with Gasteiger partial charge < -0.3 is 0 Å². The summed E-state index contributed by atoms with van der Waals surface area (Å²) in [5, 5.41) is 0. The van der Waals surface area contributed by atoms with Gasteiger partial charge in [-0.2, -0.15) is 0 Å². The summed E-state index contributed by atoms with van der Waals surface area (Å²) in [5.41, 5.74) is 18.1. The highest BCUT2D eigenvalue weighted by Gasteiger charge is 2.50. The van der Waals surface area contributed by atoms with E-state index in [2.05, 4.69) is 124 Å². The molecule has 0 atom stereocenters. The maximum Gasteiger partial charge on any atom is 0.0719 e. The van der Waals surface area contributed by atoms with Crippen LogP contribution in [-0.4, -0.2) is 0 Å². The van der Waals surface area contributed by atoms with Gasteiger partial charge in [0.15, 0.2) is 0 Å².